The Kier molecular flexibility index (Phi) is 4.97. The Balaban J connectivity index is 1.52. The highest BCUT2D eigenvalue weighted by molar-refractivity contribution is 6.24. The molecule has 0 N–H and O–H groups in total. The highest BCUT2D eigenvalue weighted by Crippen LogP contribution is 2.49. The molecule has 5 heteroatoms. The zero-order chi connectivity index (χ0) is 24.3. The van der Waals surface area contributed by atoms with Crippen LogP contribution in [0.15, 0.2) is 84.9 Å². The first-order valence-electron chi connectivity index (χ1n) is 11.9. The van der Waals surface area contributed by atoms with E-state index in [2.05, 4.69) is 18.2 Å². The normalized spacial score (nSPS) is 21.7. The Morgan fingerprint density at radius 3 is 2.14 bits per heavy atom. The third-order valence-electron chi connectivity index (χ3n) is 7.13. The van der Waals surface area contributed by atoms with Crippen LogP contribution in [0.5, 0.6) is 0 Å². The molecule has 4 aromatic carbocycles. The second-order valence-corrected chi connectivity index (χ2v) is 9.49. The lowest BCUT2D eigenvalue weighted by molar-refractivity contribution is -0.126. The van der Waals surface area contributed by atoms with Crippen LogP contribution < -0.4 is 9.96 Å². The number of para-hydroxylation sites is 1. The molecule has 0 unspecified atom stereocenters. The number of nitrogens with zero attached hydrogens (tertiary/aromatic N) is 2. The molecule has 6 rings (SSSR count). The lowest BCUT2D eigenvalue weighted by atomic mass is 9.87. The van der Waals surface area contributed by atoms with Gasteiger partial charge in [0, 0.05) is 0 Å². The molecule has 4 aromatic rings. The highest BCUT2D eigenvalue weighted by Gasteiger charge is 2.60. The van der Waals surface area contributed by atoms with Crippen molar-refractivity contribution in [2.45, 2.75) is 32.9 Å². The number of anilines is 2. The molecule has 5 nitrogen and oxygen atoms in total. The number of hydrogen-bond acceptors (Lipinski definition) is 4. The van der Waals surface area contributed by atoms with Crippen LogP contribution in [0.2, 0.25) is 0 Å². The number of benzene rings is 4. The number of carbonyl (C=O) groups excluding carboxylic acids is 2. The number of carbonyl (C=O) groups is 2. The van der Waals surface area contributed by atoms with Gasteiger partial charge in [-0.1, -0.05) is 78.4 Å². The van der Waals surface area contributed by atoms with E-state index in [4.69, 9.17) is 4.84 Å². The summed E-state index contributed by atoms with van der Waals surface area (Å²) in [5, 5.41) is 3.89. The summed E-state index contributed by atoms with van der Waals surface area (Å²) in [6.07, 6.45) is -0.883. The van der Waals surface area contributed by atoms with Gasteiger partial charge in [-0.3, -0.25) is 14.4 Å². The van der Waals surface area contributed by atoms with E-state index in [1.54, 1.807) is 5.06 Å². The lowest BCUT2D eigenvalue weighted by Crippen LogP contribution is -2.38. The molecule has 2 amide bonds. The third kappa shape index (κ3) is 3.27. The fourth-order valence-electron chi connectivity index (χ4n) is 5.78. The fraction of sp³-hybridized carbons (Fsp3) is 0.200. The number of fused-ring (bicyclic) bond motifs is 2. The molecule has 3 atom stereocenters. The van der Waals surface area contributed by atoms with Crippen molar-refractivity contribution in [1.82, 2.24) is 0 Å². The molecule has 35 heavy (non-hydrogen) atoms. The summed E-state index contributed by atoms with van der Waals surface area (Å²) in [6.45, 7) is 5.91. The van der Waals surface area contributed by atoms with Gasteiger partial charge in [-0.25, -0.2) is 9.96 Å². The lowest BCUT2D eigenvalue weighted by Gasteiger charge is -2.30. The van der Waals surface area contributed by atoms with E-state index >= 15 is 0 Å². The number of hydrogen-bond donors (Lipinski definition) is 0. The molecule has 2 saturated heterocycles. The molecular weight excluding hydrogens is 436 g/mol. The van der Waals surface area contributed by atoms with Gasteiger partial charge in [0.1, 0.15) is 5.92 Å². The smallest absolute Gasteiger partial charge is 0.266 e. The zero-order valence-corrected chi connectivity index (χ0v) is 19.9. The second kappa shape index (κ2) is 8.07. The Morgan fingerprint density at radius 2 is 1.40 bits per heavy atom. The Hall–Kier alpha value is -3.96. The molecule has 0 spiro atoms. The maximum absolute atomic E-state index is 14.1. The van der Waals surface area contributed by atoms with Crippen LogP contribution in [0.3, 0.4) is 0 Å². The first-order valence-corrected chi connectivity index (χ1v) is 11.9. The molecule has 2 heterocycles. The van der Waals surface area contributed by atoms with Gasteiger partial charge in [-0.15, -0.1) is 0 Å². The van der Waals surface area contributed by atoms with Crippen molar-refractivity contribution in [3.63, 3.8) is 0 Å². The maximum Gasteiger partial charge on any atom is 0.266 e. The molecule has 0 radical (unpaired) electrons. The summed E-state index contributed by atoms with van der Waals surface area (Å²) >= 11 is 0. The van der Waals surface area contributed by atoms with Crippen molar-refractivity contribution in [2.24, 2.45) is 5.92 Å². The third-order valence-corrected chi connectivity index (χ3v) is 7.13. The minimum Gasteiger partial charge on any atom is -0.273 e. The number of amides is 2. The molecule has 0 saturated carbocycles. The Bertz CT molecular complexity index is 1450. The van der Waals surface area contributed by atoms with Crippen molar-refractivity contribution in [3.05, 3.63) is 107 Å². The van der Waals surface area contributed by atoms with Crippen LogP contribution in [-0.4, -0.2) is 17.9 Å². The second-order valence-electron chi connectivity index (χ2n) is 9.49. The van der Waals surface area contributed by atoms with Gasteiger partial charge in [0.2, 0.25) is 5.91 Å². The summed E-state index contributed by atoms with van der Waals surface area (Å²) < 4.78 is 0. The maximum atomic E-state index is 14.1. The van der Waals surface area contributed by atoms with Crippen molar-refractivity contribution in [3.8, 4) is 0 Å². The molecule has 0 aliphatic carbocycles. The quantitative estimate of drug-likeness (QED) is 0.360. The van der Waals surface area contributed by atoms with Crippen molar-refractivity contribution in [1.29, 1.82) is 0 Å². The molecular formula is C30H26N2O3. The summed E-state index contributed by atoms with van der Waals surface area (Å²) in [4.78, 5) is 35.5. The molecule has 0 bridgehead atoms. The average Bonchev–Trinajstić information content (AvgIpc) is 3.35. The molecule has 2 aliphatic heterocycles. The Labute approximate surface area is 204 Å². The van der Waals surface area contributed by atoms with Gasteiger partial charge in [0.15, 0.2) is 6.10 Å². The SMILES string of the molecule is Cc1cc(C)c(N2C(=O)[C@H]3[C@H](ON(c4ccccc4)[C@H]3c3cccc4ccccc34)C2=O)c(C)c1. The van der Waals surface area contributed by atoms with Crippen LogP contribution in [0, 0.1) is 26.7 Å². The van der Waals surface area contributed by atoms with E-state index < -0.39 is 18.1 Å². The average molecular weight is 463 g/mol. The van der Waals surface area contributed by atoms with Gasteiger partial charge in [-0.05, 0) is 60.4 Å². The van der Waals surface area contributed by atoms with Gasteiger partial charge in [-0.2, -0.15) is 0 Å². The van der Waals surface area contributed by atoms with E-state index in [9.17, 15) is 9.59 Å². The number of rotatable bonds is 3. The van der Waals surface area contributed by atoms with Gasteiger partial charge >= 0.3 is 0 Å². The van der Waals surface area contributed by atoms with Crippen LogP contribution in [0.1, 0.15) is 28.3 Å². The van der Waals surface area contributed by atoms with Crippen molar-refractivity contribution in [2.75, 3.05) is 9.96 Å². The van der Waals surface area contributed by atoms with Crippen LogP contribution in [-0.2, 0) is 14.4 Å². The molecule has 2 fully saturated rings. The van der Waals surface area contributed by atoms with Crippen molar-refractivity contribution < 1.29 is 14.4 Å². The van der Waals surface area contributed by atoms with Crippen LogP contribution >= 0.6 is 0 Å². The van der Waals surface area contributed by atoms with E-state index in [1.807, 2.05) is 87.5 Å². The fourth-order valence-corrected chi connectivity index (χ4v) is 5.78. The Morgan fingerprint density at radius 1 is 0.743 bits per heavy atom. The molecule has 0 aromatic heterocycles. The first kappa shape index (κ1) is 21.6. The zero-order valence-electron chi connectivity index (χ0n) is 19.9. The summed E-state index contributed by atoms with van der Waals surface area (Å²) in [5.41, 5.74) is 5.38. The van der Waals surface area contributed by atoms with E-state index in [-0.39, 0.29) is 11.8 Å². The molecule has 2 aliphatic rings. The largest absolute Gasteiger partial charge is 0.273 e. The number of aryl methyl sites for hydroxylation is 3. The standard InChI is InChI=1S/C30H26N2O3/c1-18-16-19(2)26(20(3)17-18)31-29(33)25-27(24-15-9-11-21-10-7-8-14-23(21)24)32(35-28(25)30(31)34)22-12-5-4-6-13-22/h4-17,25,27-28H,1-3H3/t25-,27+,28+/m1/s1. The van der Waals surface area contributed by atoms with Crippen molar-refractivity contribution >= 4 is 34.0 Å². The van der Waals surface area contributed by atoms with Gasteiger partial charge in [0.05, 0.1) is 17.4 Å². The van der Waals surface area contributed by atoms with Crippen LogP contribution in [0.4, 0.5) is 11.4 Å². The predicted molar refractivity (Wildman–Crippen MR) is 137 cm³/mol. The monoisotopic (exact) mass is 462 g/mol. The topological polar surface area (TPSA) is 49.9 Å². The summed E-state index contributed by atoms with van der Waals surface area (Å²) in [5.74, 6) is -1.18. The minimum atomic E-state index is -0.883. The van der Waals surface area contributed by atoms with E-state index in [0.717, 1.165) is 38.7 Å². The first-order chi connectivity index (χ1) is 17.0. The predicted octanol–water partition coefficient (Wildman–Crippen LogP) is 5.82. The van der Waals surface area contributed by atoms with Gasteiger partial charge in [0.25, 0.3) is 5.91 Å². The summed E-state index contributed by atoms with van der Waals surface area (Å²) in [6, 6.07) is 27.5. The number of hydroxylamine groups is 1. The highest BCUT2D eigenvalue weighted by atomic mass is 16.7. The number of imide groups is 1. The van der Waals surface area contributed by atoms with Crippen LogP contribution in [0.25, 0.3) is 10.8 Å². The minimum absolute atomic E-state index is 0.216. The summed E-state index contributed by atoms with van der Waals surface area (Å²) in [7, 11) is 0. The molecule has 174 valence electrons. The van der Waals surface area contributed by atoms with E-state index in [0.29, 0.717) is 5.69 Å². The van der Waals surface area contributed by atoms with E-state index in [1.165, 1.54) is 4.90 Å². The van der Waals surface area contributed by atoms with Gasteiger partial charge < -0.3 is 0 Å².